The Morgan fingerprint density at radius 2 is 1.40 bits per heavy atom. The molecule has 1 rings (SSSR count). The van der Waals surface area contributed by atoms with E-state index in [2.05, 4.69) is 13.2 Å². The lowest BCUT2D eigenvalue weighted by molar-refractivity contribution is 0.717. The van der Waals surface area contributed by atoms with E-state index in [1.807, 2.05) is 13.8 Å². The van der Waals surface area contributed by atoms with Gasteiger partial charge in [-0.25, -0.2) is 0 Å². The first-order valence-electron chi connectivity index (χ1n) is 4.12. The zero-order valence-corrected chi connectivity index (χ0v) is 7.24. The van der Waals surface area contributed by atoms with E-state index in [1.54, 1.807) is 0 Å². The first-order chi connectivity index (χ1) is 4.79. The van der Waals surface area contributed by atoms with Crippen molar-refractivity contribution in [1.29, 1.82) is 0 Å². The zero-order valence-electron chi connectivity index (χ0n) is 7.24. The summed E-state index contributed by atoms with van der Waals surface area (Å²) in [6.45, 7) is 11.8. The number of hydrogen-bond donors (Lipinski definition) is 0. The molecule has 0 unspecified atom stereocenters. The normalized spacial score (nSPS) is 17.8. The molecule has 0 radical (unpaired) electrons. The molecular weight excluding hydrogens is 120 g/mol. The van der Waals surface area contributed by atoms with E-state index in [4.69, 9.17) is 0 Å². The van der Waals surface area contributed by atoms with Crippen molar-refractivity contribution in [3.05, 3.63) is 24.3 Å². The van der Waals surface area contributed by atoms with E-state index < -0.39 is 0 Å². The van der Waals surface area contributed by atoms with Gasteiger partial charge in [-0.15, -0.1) is 0 Å². The summed E-state index contributed by atoms with van der Waals surface area (Å²) in [6, 6.07) is 0. The fourth-order valence-electron chi connectivity index (χ4n) is 1.12. The van der Waals surface area contributed by atoms with Crippen LogP contribution in [0.25, 0.3) is 0 Å². The summed E-state index contributed by atoms with van der Waals surface area (Å²) in [4.78, 5) is 0. The number of hydrogen-bond acceptors (Lipinski definition) is 0. The molecule has 0 heteroatoms. The van der Waals surface area contributed by atoms with Crippen molar-refractivity contribution in [3.8, 4) is 0 Å². The van der Waals surface area contributed by atoms with E-state index in [1.165, 1.54) is 30.4 Å². The van der Waals surface area contributed by atoms with Gasteiger partial charge in [0, 0.05) is 0 Å². The van der Waals surface area contributed by atoms with Crippen molar-refractivity contribution >= 4 is 0 Å². The van der Waals surface area contributed by atoms with Crippen molar-refractivity contribution in [2.45, 2.75) is 39.5 Å². The van der Waals surface area contributed by atoms with Gasteiger partial charge in [0.15, 0.2) is 0 Å². The third-order valence-corrected chi connectivity index (χ3v) is 1.56. The van der Waals surface area contributed by atoms with Crippen LogP contribution in [-0.2, 0) is 0 Å². The van der Waals surface area contributed by atoms with Crippen LogP contribution in [0.5, 0.6) is 0 Å². The molecule has 0 heterocycles. The van der Waals surface area contributed by atoms with E-state index in [-0.39, 0.29) is 0 Å². The van der Waals surface area contributed by atoms with Crippen LogP contribution in [0.3, 0.4) is 0 Å². The van der Waals surface area contributed by atoms with Crippen LogP contribution in [0.4, 0.5) is 0 Å². The Morgan fingerprint density at radius 1 is 1.00 bits per heavy atom. The quantitative estimate of drug-likeness (QED) is 0.448. The standard InChI is InChI=1S/C8H12.C2H6/c1-7-4-3-5-8(2)6-7;1-2/h1-6H2;1-2H3. The number of rotatable bonds is 0. The predicted molar refractivity (Wildman–Crippen MR) is 48.1 cm³/mol. The Hall–Kier alpha value is -0.520. The van der Waals surface area contributed by atoms with Crippen LogP contribution in [0.1, 0.15) is 39.5 Å². The second-order valence-electron chi connectivity index (χ2n) is 2.53. The highest BCUT2D eigenvalue weighted by molar-refractivity contribution is 5.13. The van der Waals surface area contributed by atoms with Crippen LogP contribution in [0, 0.1) is 0 Å². The van der Waals surface area contributed by atoms with E-state index in [0.717, 1.165) is 6.42 Å². The molecule has 1 saturated carbocycles. The summed E-state index contributed by atoms with van der Waals surface area (Å²) in [5.74, 6) is 0. The third-order valence-electron chi connectivity index (χ3n) is 1.56. The fourth-order valence-corrected chi connectivity index (χ4v) is 1.12. The lowest BCUT2D eigenvalue weighted by Gasteiger charge is -2.13. The highest BCUT2D eigenvalue weighted by atomic mass is 14.1. The molecule has 0 bridgehead atoms. The minimum absolute atomic E-state index is 1.08. The molecule has 58 valence electrons. The van der Waals surface area contributed by atoms with E-state index >= 15 is 0 Å². The summed E-state index contributed by atoms with van der Waals surface area (Å²) < 4.78 is 0. The van der Waals surface area contributed by atoms with Crippen LogP contribution in [0.2, 0.25) is 0 Å². The second kappa shape index (κ2) is 5.28. The Morgan fingerprint density at radius 3 is 1.60 bits per heavy atom. The van der Waals surface area contributed by atoms with Crippen LogP contribution in [0.15, 0.2) is 24.3 Å². The average Bonchev–Trinajstić information content (AvgIpc) is 1.91. The topological polar surface area (TPSA) is 0 Å². The lowest BCUT2D eigenvalue weighted by Crippen LogP contribution is -1.94. The largest absolute Gasteiger partial charge is 0.0995 e. The molecule has 0 saturated heterocycles. The summed E-state index contributed by atoms with van der Waals surface area (Å²) >= 11 is 0. The molecule has 0 aromatic rings. The van der Waals surface area contributed by atoms with Gasteiger partial charge in [0.2, 0.25) is 0 Å². The molecule has 0 aromatic carbocycles. The van der Waals surface area contributed by atoms with Gasteiger partial charge in [-0.05, 0) is 25.7 Å². The molecule has 0 nitrogen and oxygen atoms in total. The predicted octanol–water partition coefficient (Wildman–Crippen LogP) is 3.70. The molecule has 0 amide bonds. The Kier molecular flexibility index (Phi) is 5.00. The maximum Gasteiger partial charge on any atom is -0.0114 e. The highest BCUT2D eigenvalue weighted by Gasteiger charge is 2.04. The maximum atomic E-state index is 3.90. The maximum absolute atomic E-state index is 3.90. The van der Waals surface area contributed by atoms with Crippen LogP contribution >= 0.6 is 0 Å². The van der Waals surface area contributed by atoms with Crippen molar-refractivity contribution in [2.75, 3.05) is 0 Å². The van der Waals surface area contributed by atoms with Gasteiger partial charge in [-0.2, -0.15) is 0 Å². The van der Waals surface area contributed by atoms with E-state index in [0.29, 0.717) is 0 Å². The van der Waals surface area contributed by atoms with Gasteiger partial charge in [0.05, 0.1) is 0 Å². The molecule has 0 atom stereocenters. The zero-order chi connectivity index (χ0) is 7.98. The van der Waals surface area contributed by atoms with Crippen molar-refractivity contribution in [2.24, 2.45) is 0 Å². The smallest absolute Gasteiger partial charge is 0.0114 e. The van der Waals surface area contributed by atoms with Gasteiger partial charge in [0.25, 0.3) is 0 Å². The number of allylic oxidation sites excluding steroid dienone is 2. The molecule has 0 aliphatic heterocycles. The Bertz CT molecular complexity index is 106. The summed E-state index contributed by atoms with van der Waals surface area (Å²) in [5, 5.41) is 0. The van der Waals surface area contributed by atoms with Gasteiger partial charge in [0.1, 0.15) is 0 Å². The minimum atomic E-state index is 1.08. The highest BCUT2D eigenvalue weighted by Crippen LogP contribution is 2.24. The lowest BCUT2D eigenvalue weighted by atomic mass is 9.93. The monoisotopic (exact) mass is 138 g/mol. The van der Waals surface area contributed by atoms with Crippen molar-refractivity contribution < 1.29 is 0 Å². The molecule has 0 N–H and O–H groups in total. The molecular formula is C10H18. The molecule has 0 spiro atoms. The SMILES string of the molecule is C=C1CCCC(=C)C1.CC. The molecule has 0 aromatic heterocycles. The van der Waals surface area contributed by atoms with Gasteiger partial charge < -0.3 is 0 Å². The van der Waals surface area contributed by atoms with Crippen molar-refractivity contribution in [1.82, 2.24) is 0 Å². The molecule has 1 aliphatic rings. The Balaban J connectivity index is 0.000000371. The van der Waals surface area contributed by atoms with Crippen LogP contribution in [-0.4, -0.2) is 0 Å². The first-order valence-corrected chi connectivity index (χ1v) is 4.12. The first kappa shape index (κ1) is 9.48. The third kappa shape index (κ3) is 3.49. The van der Waals surface area contributed by atoms with Gasteiger partial charge in [-0.1, -0.05) is 38.2 Å². The summed E-state index contributed by atoms with van der Waals surface area (Å²) in [6.07, 6.45) is 4.80. The van der Waals surface area contributed by atoms with Crippen molar-refractivity contribution in [3.63, 3.8) is 0 Å². The van der Waals surface area contributed by atoms with E-state index in [9.17, 15) is 0 Å². The minimum Gasteiger partial charge on any atom is -0.0995 e. The molecule has 1 fully saturated rings. The van der Waals surface area contributed by atoms with Crippen LogP contribution < -0.4 is 0 Å². The fraction of sp³-hybridized carbons (Fsp3) is 0.600. The summed E-state index contributed by atoms with van der Waals surface area (Å²) in [7, 11) is 0. The average molecular weight is 138 g/mol. The molecule has 1 aliphatic carbocycles. The second-order valence-corrected chi connectivity index (χ2v) is 2.53. The Labute approximate surface area is 64.6 Å². The summed E-state index contributed by atoms with van der Waals surface area (Å²) in [5.41, 5.74) is 2.72. The van der Waals surface area contributed by atoms with Gasteiger partial charge in [-0.3, -0.25) is 0 Å². The molecule has 10 heavy (non-hydrogen) atoms. The van der Waals surface area contributed by atoms with Gasteiger partial charge >= 0.3 is 0 Å².